The van der Waals surface area contributed by atoms with Crippen molar-refractivity contribution in [2.75, 3.05) is 11.9 Å². The molecule has 0 saturated carbocycles. The average Bonchev–Trinajstić information content (AvgIpc) is 2.74. The van der Waals surface area contributed by atoms with Crippen molar-refractivity contribution in [1.29, 1.82) is 0 Å². The molecule has 0 atom stereocenters. The monoisotopic (exact) mass is 291 g/mol. The molecule has 0 bridgehead atoms. The van der Waals surface area contributed by atoms with Crippen molar-refractivity contribution >= 4 is 34.2 Å². The smallest absolute Gasteiger partial charge is 0.106 e. The van der Waals surface area contributed by atoms with Crippen LogP contribution in [0.3, 0.4) is 0 Å². The van der Waals surface area contributed by atoms with Gasteiger partial charge in [0, 0.05) is 23.7 Å². The molecule has 0 fully saturated rings. The number of benzene rings is 1. The van der Waals surface area contributed by atoms with E-state index in [0.717, 1.165) is 28.5 Å². The van der Waals surface area contributed by atoms with Crippen LogP contribution < -0.4 is 10.6 Å². The van der Waals surface area contributed by atoms with Gasteiger partial charge < -0.3 is 10.6 Å². The van der Waals surface area contributed by atoms with Gasteiger partial charge >= 0.3 is 0 Å². The SMILES string of the molecule is Cc1ccc(C(N)=S)c(N(C)Cc2csc(C)n2)c1. The minimum absolute atomic E-state index is 0.427. The summed E-state index contributed by atoms with van der Waals surface area (Å²) in [4.78, 5) is 7.05. The molecule has 100 valence electrons. The van der Waals surface area contributed by atoms with E-state index in [1.54, 1.807) is 11.3 Å². The molecule has 0 amide bonds. The van der Waals surface area contributed by atoms with E-state index in [0.29, 0.717) is 4.99 Å². The Morgan fingerprint density at radius 2 is 2.16 bits per heavy atom. The largest absolute Gasteiger partial charge is 0.389 e. The second-order valence-corrected chi connectivity index (χ2v) is 6.10. The normalized spacial score (nSPS) is 10.5. The lowest BCUT2D eigenvalue weighted by atomic mass is 10.1. The van der Waals surface area contributed by atoms with Crippen LogP contribution >= 0.6 is 23.6 Å². The third-order valence-corrected chi connectivity index (χ3v) is 3.94. The van der Waals surface area contributed by atoms with E-state index < -0.39 is 0 Å². The van der Waals surface area contributed by atoms with E-state index in [4.69, 9.17) is 18.0 Å². The first kappa shape index (κ1) is 14.0. The molecule has 2 N–H and O–H groups in total. The number of anilines is 1. The summed E-state index contributed by atoms with van der Waals surface area (Å²) in [7, 11) is 2.03. The van der Waals surface area contributed by atoms with Gasteiger partial charge in [0.2, 0.25) is 0 Å². The summed E-state index contributed by atoms with van der Waals surface area (Å²) < 4.78 is 0. The average molecular weight is 291 g/mol. The van der Waals surface area contributed by atoms with Crippen LogP contribution in [-0.4, -0.2) is 17.0 Å². The van der Waals surface area contributed by atoms with E-state index in [1.165, 1.54) is 5.56 Å². The van der Waals surface area contributed by atoms with Crippen molar-refractivity contribution in [2.45, 2.75) is 20.4 Å². The van der Waals surface area contributed by atoms with Gasteiger partial charge in [-0.1, -0.05) is 18.3 Å². The number of thiazole rings is 1. The highest BCUT2D eigenvalue weighted by Crippen LogP contribution is 2.23. The van der Waals surface area contributed by atoms with Gasteiger partial charge in [0.1, 0.15) is 4.99 Å². The molecular formula is C14H17N3S2. The van der Waals surface area contributed by atoms with Gasteiger partial charge in [0.05, 0.1) is 17.2 Å². The van der Waals surface area contributed by atoms with Crippen LogP contribution in [-0.2, 0) is 6.54 Å². The third-order valence-electron chi connectivity index (χ3n) is 2.90. The lowest BCUT2D eigenvalue weighted by molar-refractivity contribution is 0.888. The molecule has 2 aromatic rings. The van der Waals surface area contributed by atoms with Crippen molar-refractivity contribution in [1.82, 2.24) is 4.98 Å². The number of hydrogen-bond donors (Lipinski definition) is 1. The molecule has 1 aromatic heterocycles. The fourth-order valence-corrected chi connectivity index (χ4v) is 2.75. The fourth-order valence-electron chi connectivity index (χ4n) is 1.97. The van der Waals surface area contributed by atoms with E-state index in [-0.39, 0.29) is 0 Å². The number of rotatable bonds is 4. The number of thiocarbonyl (C=S) groups is 1. The lowest BCUT2D eigenvalue weighted by Crippen LogP contribution is -2.21. The van der Waals surface area contributed by atoms with E-state index in [9.17, 15) is 0 Å². The fraction of sp³-hybridized carbons (Fsp3) is 0.286. The second kappa shape index (κ2) is 5.67. The van der Waals surface area contributed by atoms with Crippen LogP contribution in [0.15, 0.2) is 23.6 Å². The maximum Gasteiger partial charge on any atom is 0.106 e. The molecule has 5 heteroatoms. The molecule has 0 aliphatic carbocycles. The molecule has 0 unspecified atom stereocenters. The van der Waals surface area contributed by atoms with Gasteiger partial charge in [-0.2, -0.15) is 0 Å². The van der Waals surface area contributed by atoms with Gasteiger partial charge in [0.15, 0.2) is 0 Å². The molecule has 19 heavy (non-hydrogen) atoms. The zero-order chi connectivity index (χ0) is 14.0. The van der Waals surface area contributed by atoms with Gasteiger partial charge in [-0.05, 0) is 31.5 Å². The molecular weight excluding hydrogens is 274 g/mol. The second-order valence-electron chi connectivity index (χ2n) is 4.60. The van der Waals surface area contributed by atoms with Gasteiger partial charge in [-0.25, -0.2) is 4.98 Å². The highest BCUT2D eigenvalue weighted by molar-refractivity contribution is 7.80. The highest BCUT2D eigenvalue weighted by Gasteiger charge is 2.11. The van der Waals surface area contributed by atoms with Gasteiger partial charge in [-0.15, -0.1) is 11.3 Å². The quantitative estimate of drug-likeness (QED) is 0.879. The van der Waals surface area contributed by atoms with Crippen LogP contribution in [0.2, 0.25) is 0 Å². The van der Waals surface area contributed by atoms with Crippen LogP contribution in [0, 0.1) is 13.8 Å². The van der Waals surface area contributed by atoms with Crippen LogP contribution in [0.5, 0.6) is 0 Å². The molecule has 1 aromatic carbocycles. The molecule has 0 aliphatic rings. The Bertz CT molecular complexity index is 604. The van der Waals surface area contributed by atoms with E-state index >= 15 is 0 Å². The van der Waals surface area contributed by atoms with Gasteiger partial charge in [-0.3, -0.25) is 0 Å². The first-order valence-corrected chi connectivity index (χ1v) is 7.29. The van der Waals surface area contributed by atoms with Crippen molar-refractivity contribution in [3.05, 3.63) is 45.4 Å². The Hall–Kier alpha value is -1.46. The molecule has 3 nitrogen and oxygen atoms in total. The Morgan fingerprint density at radius 3 is 2.74 bits per heavy atom. The highest BCUT2D eigenvalue weighted by atomic mass is 32.1. The predicted molar refractivity (Wildman–Crippen MR) is 86.0 cm³/mol. The van der Waals surface area contributed by atoms with Crippen molar-refractivity contribution in [3.63, 3.8) is 0 Å². The zero-order valence-corrected chi connectivity index (χ0v) is 12.9. The zero-order valence-electron chi connectivity index (χ0n) is 11.3. The minimum Gasteiger partial charge on any atom is -0.389 e. The summed E-state index contributed by atoms with van der Waals surface area (Å²) in [5.41, 5.74) is 10.0. The maximum atomic E-state index is 5.79. The first-order chi connectivity index (χ1) is 8.97. The Balaban J connectivity index is 2.29. The molecule has 2 rings (SSSR count). The topological polar surface area (TPSA) is 42.1 Å². The molecule has 0 spiro atoms. The standard InChI is InChI=1S/C14H17N3S2/c1-9-4-5-12(14(15)18)13(6-9)17(3)7-11-8-19-10(2)16-11/h4-6,8H,7H2,1-3H3,(H2,15,18). The summed E-state index contributed by atoms with van der Waals surface area (Å²) in [5.74, 6) is 0. The van der Waals surface area contributed by atoms with Crippen molar-refractivity contribution in [2.24, 2.45) is 5.73 Å². The summed E-state index contributed by atoms with van der Waals surface area (Å²) in [5, 5.41) is 3.17. The number of nitrogens with zero attached hydrogens (tertiary/aromatic N) is 2. The van der Waals surface area contributed by atoms with E-state index in [2.05, 4.69) is 28.3 Å². The predicted octanol–water partition coefficient (Wildman–Crippen LogP) is 3.03. The van der Waals surface area contributed by atoms with Crippen LogP contribution in [0.4, 0.5) is 5.69 Å². The Labute approximate surface area is 123 Å². The summed E-state index contributed by atoms with van der Waals surface area (Å²) in [6, 6.07) is 6.11. The summed E-state index contributed by atoms with van der Waals surface area (Å²) >= 11 is 6.79. The number of aryl methyl sites for hydroxylation is 2. The van der Waals surface area contributed by atoms with Gasteiger partial charge in [0.25, 0.3) is 0 Å². The minimum atomic E-state index is 0.427. The number of aromatic nitrogens is 1. The maximum absolute atomic E-state index is 5.79. The third kappa shape index (κ3) is 3.30. The summed E-state index contributed by atoms with van der Waals surface area (Å²) in [6.07, 6.45) is 0. The van der Waals surface area contributed by atoms with Crippen LogP contribution in [0.25, 0.3) is 0 Å². The van der Waals surface area contributed by atoms with Crippen molar-refractivity contribution < 1.29 is 0 Å². The molecule has 0 saturated heterocycles. The van der Waals surface area contributed by atoms with Crippen LogP contribution in [0.1, 0.15) is 21.8 Å². The Morgan fingerprint density at radius 1 is 1.42 bits per heavy atom. The van der Waals surface area contributed by atoms with Crippen molar-refractivity contribution in [3.8, 4) is 0 Å². The number of hydrogen-bond acceptors (Lipinski definition) is 4. The lowest BCUT2D eigenvalue weighted by Gasteiger charge is -2.22. The molecule has 1 heterocycles. The molecule has 0 aliphatic heterocycles. The summed E-state index contributed by atoms with van der Waals surface area (Å²) in [6.45, 7) is 4.83. The Kier molecular flexibility index (Phi) is 4.17. The molecule has 0 radical (unpaired) electrons. The van der Waals surface area contributed by atoms with E-state index in [1.807, 2.05) is 26.1 Å². The number of nitrogens with two attached hydrogens (primary N) is 1. The first-order valence-electron chi connectivity index (χ1n) is 6.00.